The van der Waals surface area contributed by atoms with Gasteiger partial charge in [0.1, 0.15) is 5.82 Å². The van der Waals surface area contributed by atoms with E-state index in [1.165, 1.54) is 24.1 Å². The number of fused-ring (bicyclic) bond motifs is 1. The van der Waals surface area contributed by atoms with Gasteiger partial charge in [0.15, 0.2) is 0 Å². The van der Waals surface area contributed by atoms with Crippen LogP contribution in [0.15, 0.2) is 0 Å². The molecule has 1 aliphatic carbocycles. The predicted octanol–water partition coefficient (Wildman–Crippen LogP) is 0.520. The summed E-state index contributed by atoms with van der Waals surface area (Å²) in [6.45, 7) is 5.17. The van der Waals surface area contributed by atoms with Gasteiger partial charge in [-0.15, -0.1) is 0 Å². The number of aromatic nitrogens is 2. The summed E-state index contributed by atoms with van der Waals surface area (Å²) in [7, 11) is 0. The first kappa shape index (κ1) is 14.9. The van der Waals surface area contributed by atoms with Crippen molar-refractivity contribution in [2.45, 2.75) is 51.0 Å². The number of aryl methyl sites for hydroxylation is 2. The fourth-order valence-corrected chi connectivity index (χ4v) is 3.36. The van der Waals surface area contributed by atoms with Crippen molar-refractivity contribution in [2.24, 2.45) is 0 Å². The van der Waals surface area contributed by atoms with Crippen LogP contribution in [0.5, 0.6) is 0 Å². The van der Waals surface area contributed by atoms with E-state index in [0.717, 1.165) is 50.3 Å². The van der Waals surface area contributed by atoms with Crippen molar-refractivity contribution in [2.75, 3.05) is 26.2 Å². The molecule has 0 spiro atoms. The number of β-amino-alcohol motifs (C(OH)–C–C–N with tert-alkyl or cyclic N) is 1. The average Bonchev–Trinajstić information content (AvgIpc) is 2.91. The highest BCUT2D eigenvalue weighted by Crippen LogP contribution is 2.21. The molecule has 0 aromatic carbocycles. The van der Waals surface area contributed by atoms with Crippen molar-refractivity contribution in [1.82, 2.24) is 20.6 Å². The molecule has 1 aromatic heterocycles. The highest BCUT2D eigenvalue weighted by Gasteiger charge is 2.30. The average molecular weight is 290 g/mol. The maximum Gasteiger partial charge on any atom is 0.130 e. The first-order valence-corrected chi connectivity index (χ1v) is 8.15. The van der Waals surface area contributed by atoms with Crippen LogP contribution in [0.3, 0.4) is 0 Å². The lowest BCUT2D eigenvalue weighted by molar-refractivity contribution is 0.0614. The predicted molar refractivity (Wildman–Crippen MR) is 82.4 cm³/mol. The Morgan fingerprint density at radius 3 is 2.95 bits per heavy atom. The molecule has 1 aliphatic heterocycles. The van der Waals surface area contributed by atoms with E-state index in [1.54, 1.807) is 0 Å². The van der Waals surface area contributed by atoms with Gasteiger partial charge in [0.05, 0.1) is 5.60 Å². The van der Waals surface area contributed by atoms with Crippen LogP contribution in [0, 0.1) is 6.92 Å². The lowest BCUT2D eigenvalue weighted by atomic mass is 9.95. The van der Waals surface area contributed by atoms with Crippen LogP contribution in [-0.4, -0.2) is 46.9 Å². The zero-order valence-corrected chi connectivity index (χ0v) is 12.9. The summed E-state index contributed by atoms with van der Waals surface area (Å²) in [6.07, 6.45) is 6.42. The molecule has 1 aromatic rings. The Balaban J connectivity index is 1.52. The summed E-state index contributed by atoms with van der Waals surface area (Å²) < 4.78 is 0. The highest BCUT2D eigenvalue weighted by molar-refractivity contribution is 5.27. The molecule has 3 rings (SSSR count). The van der Waals surface area contributed by atoms with Gasteiger partial charge in [-0.25, -0.2) is 9.97 Å². The van der Waals surface area contributed by atoms with Crippen LogP contribution in [0.1, 0.15) is 42.0 Å². The number of hydrogen-bond acceptors (Lipinski definition) is 5. The van der Waals surface area contributed by atoms with Crippen LogP contribution in [0.2, 0.25) is 0 Å². The van der Waals surface area contributed by atoms with Crippen LogP contribution in [0.4, 0.5) is 0 Å². The van der Waals surface area contributed by atoms with Crippen LogP contribution in [0.25, 0.3) is 0 Å². The van der Waals surface area contributed by atoms with E-state index in [0.29, 0.717) is 13.1 Å². The van der Waals surface area contributed by atoms with Gasteiger partial charge in [-0.2, -0.15) is 0 Å². The van der Waals surface area contributed by atoms with Gasteiger partial charge in [-0.1, -0.05) is 0 Å². The van der Waals surface area contributed by atoms with E-state index >= 15 is 0 Å². The van der Waals surface area contributed by atoms with Crippen molar-refractivity contribution < 1.29 is 5.11 Å². The number of aliphatic hydroxyl groups is 1. The third-order valence-electron chi connectivity index (χ3n) is 4.64. The Hall–Kier alpha value is -1.04. The van der Waals surface area contributed by atoms with E-state index in [4.69, 9.17) is 4.98 Å². The number of nitrogens with zero attached hydrogens (tertiary/aromatic N) is 2. The van der Waals surface area contributed by atoms with E-state index in [2.05, 4.69) is 22.5 Å². The SMILES string of the molecule is Cc1nc(CCNC[C@@]2(O)CCNC2)nc2c1CCCC2. The number of rotatable bonds is 5. The molecule has 3 N–H and O–H groups in total. The first-order chi connectivity index (χ1) is 10.2. The Kier molecular flexibility index (Phi) is 4.52. The van der Waals surface area contributed by atoms with E-state index in [9.17, 15) is 5.11 Å². The second kappa shape index (κ2) is 6.38. The van der Waals surface area contributed by atoms with Gasteiger partial charge in [0, 0.05) is 37.4 Å². The van der Waals surface area contributed by atoms with Crippen molar-refractivity contribution >= 4 is 0 Å². The molecule has 5 heteroatoms. The standard InChI is InChI=1S/C16H26N4O/c1-12-13-4-2-3-5-14(13)20-15(19-12)6-8-17-10-16(21)7-9-18-11-16/h17-18,21H,2-11H2,1H3/t16-/m0/s1. The number of hydrogen-bond donors (Lipinski definition) is 3. The third kappa shape index (κ3) is 3.59. The molecule has 1 atom stereocenters. The first-order valence-electron chi connectivity index (χ1n) is 8.15. The minimum Gasteiger partial charge on any atom is -0.387 e. The molecule has 0 unspecified atom stereocenters. The van der Waals surface area contributed by atoms with Crippen molar-refractivity contribution in [1.29, 1.82) is 0 Å². The molecule has 116 valence electrons. The van der Waals surface area contributed by atoms with Gasteiger partial charge >= 0.3 is 0 Å². The zero-order valence-electron chi connectivity index (χ0n) is 12.9. The Bertz CT molecular complexity index is 497. The van der Waals surface area contributed by atoms with Gasteiger partial charge in [0.2, 0.25) is 0 Å². The van der Waals surface area contributed by atoms with Crippen LogP contribution < -0.4 is 10.6 Å². The molecule has 0 amide bonds. The van der Waals surface area contributed by atoms with Gasteiger partial charge in [0.25, 0.3) is 0 Å². The van der Waals surface area contributed by atoms with E-state index < -0.39 is 5.60 Å². The molecule has 2 aliphatic rings. The molecule has 0 radical (unpaired) electrons. The molecule has 2 heterocycles. The minimum atomic E-state index is -0.577. The fourth-order valence-electron chi connectivity index (χ4n) is 3.36. The van der Waals surface area contributed by atoms with Crippen molar-refractivity contribution in [3.05, 3.63) is 22.8 Å². The third-order valence-corrected chi connectivity index (χ3v) is 4.64. The van der Waals surface area contributed by atoms with Crippen molar-refractivity contribution in [3.8, 4) is 0 Å². The van der Waals surface area contributed by atoms with Gasteiger partial charge in [-0.05, 0) is 51.1 Å². The van der Waals surface area contributed by atoms with Gasteiger partial charge in [-0.3, -0.25) is 0 Å². The lowest BCUT2D eigenvalue weighted by Gasteiger charge is -2.21. The summed E-state index contributed by atoms with van der Waals surface area (Å²) >= 11 is 0. The molecule has 21 heavy (non-hydrogen) atoms. The monoisotopic (exact) mass is 290 g/mol. The van der Waals surface area contributed by atoms with Crippen LogP contribution in [-0.2, 0) is 19.3 Å². The maximum atomic E-state index is 10.2. The van der Waals surface area contributed by atoms with Crippen LogP contribution >= 0.6 is 0 Å². The summed E-state index contributed by atoms with van der Waals surface area (Å²) in [5, 5.41) is 16.8. The number of nitrogens with one attached hydrogen (secondary N) is 2. The Labute approximate surface area is 126 Å². The highest BCUT2D eigenvalue weighted by atomic mass is 16.3. The van der Waals surface area contributed by atoms with E-state index in [1.807, 2.05) is 0 Å². The molecular formula is C16H26N4O. The smallest absolute Gasteiger partial charge is 0.130 e. The molecule has 1 saturated heterocycles. The maximum absolute atomic E-state index is 10.2. The summed E-state index contributed by atoms with van der Waals surface area (Å²) in [4.78, 5) is 9.38. The molecule has 0 saturated carbocycles. The summed E-state index contributed by atoms with van der Waals surface area (Å²) in [5.41, 5.74) is 3.23. The lowest BCUT2D eigenvalue weighted by Crippen LogP contribution is -2.43. The largest absolute Gasteiger partial charge is 0.387 e. The van der Waals surface area contributed by atoms with Gasteiger partial charge < -0.3 is 15.7 Å². The molecular weight excluding hydrogens is 264 g/mol. The minimum absolute atomic E-state index is 0.577. The Morgan fingerprint density at radius 2 is 2.14 bits per heavy atom. The molecule has 1 fully saturated rings. The normalized spacial score (nSPS) is 25.0. The quantitative estimate of drug-likeness (QED) is 0.690. The zero-order chi connectivity index (χ0) is 14.7. The topological polar surface area (TPSA) is 70.1 Å². The molecule has 0 bridgehead atoms. The van der Waals surface area contributed by atoms with E-state index in [-0.39, 0.29) is 0 Å². The van der Waals surface area contributed by atoms with Crippen molar-refractivity contribution in [3.63, 3.8) is 0 Å². The molecule has 5 nitrogen and oxygen atoms in total. The summed E-state index contributed by atoms with van der Waals surface area (Å²) in [5.74, 6) is 0.942. The fraction of sp³-hybridized carbons (Fsp3) is 0.750. The second-order valence-corrected chi connectivity index (χ2v) is 6.44. The second-order valence-electron chi connectivity index (χ2n) is 6.44. The Morgan fingerprint density at radius 1 is 1.29 bits per heavy atom. The summed E-state index contributed by atoms with van der Waals surface area (Å²) in [6, 6.07) is 0.